The zero-order chi connectivity index (χ0) is 27.7. The van der Waals surface area contributed by atoms with E-state index in [2.05, 4.69) is 10.3 Å². The van der Waals surface area contributed by atoms with E-state index in [0.29, 0.717) is 55.2 Å². The number of para-hydroxylation sites is 1. The van der Waals surface area contributed by atoms with Gasteiger partial charge in [-0.05, 0) is 42.7 Å². The third kappa shape index (κ3) is 5.10. The Morgan fingerprint density at radius 2 is 1.92 bits per heavy atom. The summed E-state index contributed by atoms with van der Waals surface area (Å²) >= 11 is 0. The highest BCUT2D eigenvalue weighted by atomic mass is 19.4. The van der Waals surface area contributed by atoms with Gasteiger partial charge in [0, 0.05) is 32.9 Å². The summed E-state index contributed by atoms with van der Waals surface area (Å²) < 4.78 is 64.2. The monoisotopic (exact) mass is 543 g/mol. The summed E-state index contributed by atoms with van der Waals surface area (Å²) in [6, 6.07) is 11.5. The zero-order valence-corrected chi connectivity index (χ0v) is 21.6. The van der Waals surface area contributed by atoms with Gasteiger partial charge in [0.05, 0.1) is 36.0 Å². The Morgan fingerprint density at radius 3 is 2.67 bits per heavy atom. The van der Waals surface area contributed by atoms with Crippen molar-refractivity contribution in [1.29, 1.82) is 0 Å². The Balaban J connectivity index is 1.61. The second-order valence-corrected chi connectivity index (χ2v) is 9.63. The number of methoxy groups -OCH3 is 1. The highest BCUT2D eigenvalue weighted by molar-refractivity contribution is 5.87. The van der Waals surface area contributed by atoms with Crippen LogP contribution in [0.15, 0.2) is 59.5 Å². The molecule has 0 bridgehead atoms. The van der Waals surface area contributed by atoms with Crippen LogP contribution in [0.25, 0.3) is 11.0 Å². The Kier molecular flexibility index (Phi) is 7.35. The van der Waals surface area contributed by atoms with Gasteiger partial charge in [-0.3, -0.25) is 9.13 Å². The average molecular weight is 544 g/mol. The predicted octanol–water partition coefficient (Wildman–Crippen LogP) is 5.22. The Labute approximate surface area is 222 Å². The van der Waals surface area contributed by atoms with Crippen LogP contribution in [-0.4, -0.2) is 47.5 Å². The molecule has 206 valence electrons. The normalized spacial score (nSPS) is 15.8. The van der Waals surface area contributed by atoms with Crippen molar-refractivity contribution in [2.45, 2.75) is 32.1 Å². The van der Waals surface area contributed by atoms with Crippen LogP contribution in [0, 0.1) is 12.7 Å². The summed E-state index contributed by atoms with van der Waals surface area (Å²) in [4.78, 5) is 20.3. The fourth-order valence-electron chi connectivity index (χ4n) is 5.42. The largest absolute Gasteiger partial charge is 0.416 e. The lowest BCUT2D eigenvalue weighted by Gasteiger charge is -2.21. The van der Waals surface area contributed by atoms with E-state index in [4.69, 9.17) is 4.74 Å². The molecule has 2 aromatic carbocycles. The van der Waals surface area contributed by atoms with Crippen LogP contribution in [0.2, 0.25) is 0 Å². The van der Waals surface area contributed by atoms with E-state index in [-0.39, 0.29) is 24.0 Å². The number of alkyl halides is 3. The molecule has 1 N–H and O–H groups in total. The molecule has 3 heterocycles. The average Bonchev–Trinajstić information content (AvgIpc) is 3.47. The molecule has 39 heavy (non-hydrogen) atoms. The van der Waals surface area contributed by atoms with Gasteiger partial charge >= 0.3 is 11.9 Å². The van der Waals surface area contributed by atoms with Crippen LogP contribution < -0.4 is 15.9 Å². The van der Waals surface area contributed by atoms with Crippen molar-refractivity contribution in [3.05, 3.63) is 87.7 Å². The number of aromatic nitrogens is 3. The maximum absolute atomic E-state index is 14.7. The molecule has 5 rings (SSSR count). The fourth-order valence-corrected chi connectivity index (χ4v) is 5.42. The Hall–Kier alpha value is -3.86. The molecular formula is C28H29F4N5O2. The van der Waals surface area contributed by atoms with Gasteiger partial charge in [0.15, 0.2) is 5.82 Å². The molecule has 0 radical (unpaired) electrons. The van der Waals surface area contributed by atoms with Crippen LogP contribution in [-0.2, 0) is 17.5 Å². The maximum atomic E-state index is 14.7. The molecule has 1 aliphatic rings. The molecule has 0 spiro atoms. The summed E-state index contributed by atoms with van der Waals surface area (Å²) in [5.41, 5.74) is 1.00. The molecule has 11 heteroatoms. The lowest BCUT2D eigenvalue weighted by atomic mass is 10.1. The summed E-state index contributed by atoms with van der Waals surface area (Å²) in [6.45, 7) is 3.24. The second-order valence-electron chi connectivity index (χ2n) is 9.63. The SMILES string of the molecule is COCCNc1nccc2c1n(Cc1ccccc1C(F)(F)F)c(=O)n2[C@@H]1CCN(c2c(C)cccc2F)C1. The lowest BCUT2D eigenvalue weighted by molar-refractivity contribution is -0.138. The van der Waals surface area contributed by atoms with E-state index in [0.717, 1.165) is 11.6 Å². The molecule has 1 atom stereocenters. The van der Waals surface area contributed by atoms with E-state index in [9.17, 15) is 22.4 Å². The van der Waals surface area contributed by atoms with Crippen molar-refractivity contribution >= 4 is 22.5 Å². The number of nitrogens with zero attached hydrogens (tertiary/aromatic N) is 4. The maximum Gasteiger partial charge on any atom is 0.416 e. The van der Waals surface area contributed by atoms with Crippen LogP contribution in [0.4, 0.5) is 29.1 Å². The standard InChI is InChI=1S/C28H29F4N5O2/c1-18-6-5-9-22(29)24(18)35-14-11-20(17-35)37-23-10-12-33-26(34-13-15-39-2)25(23)36(27(37)38)16-19-7-3-4-8-21(19)28(30,31)32/h3-10,12,20H,11,13-17H2,1-2H3,(H,33,34)/t20-/m1/s1. The lowest BCUT2D eigenvalue weighted by Crippen LogP contribution is -2.30. The molecule has 1 saturated heterocycles. The molecule has 7 nitrogen and oxygen atoms in total. The number of imidazole rings is 1. The third-order valence-corrected chi connectivity index (χ3v) is 7.15. The first-order chi connectivity index (χ1) is 18.7. The Morgan fingerprint density at radius 1 is 1.13 bits per heavy atom. The van der Waals surface area contributed by atoms with Gasteiger partial charge in [-0.15, -0.1) is 0 Å². The van der Waals surface area contributed by atoms with Crippen LogP contribution in [0.5, 0.6) is 0 Å². The third-order valence-electron chi connectivity index (χ3n) is 7.15. The minimum absolute atomic E-state index is 0.0205. The number of pyridine rings is 1. The molecule has 0 amide bonds. The minimum Gasteiger partial charge on any atom is -0.383 e. The van der Waals surface area contributed by atoms with E-state index in [1.54, 1.807) is 30.0 Å². The van der Waals surface area contributed by atoms with Crippen molar-refractivity contribution in [3.8, 4) is 0 Å². The molecule has 0 unspecified atom stereocenters. The smallest absolute Gasteiger partial charge is 0.383 e. The molecule has 0 saturated carbocycles. The number of hydrogen-bond acceptors (Lipinski definition) is 5. The van der Waals surface area contributed by atoms with E-state index >= 15 is 0 Å². The van der Waals surface area contributed by atoms with Gasteiger partial charge in [-0.2, -0.15) is 13.2 Å². The topological polar surface area (TPSA) is 64.3 Å². The first-order valence-electron chi connectivity index (χ1n) is 12.7. The number of hydrogen-bond donors (Lipinski definition) is 1. The molecule has 1 fully saturated rings. The summed E-state index contributed by atoms with van der Waals surface area (Å²) in [5, 5.41) is 3.15. The van der Waals surface area contributed by atoms with Crippen LogP contribution >= 0.6 is 0 Å². The summed E-state index contributed by atoms with van der Waals surface area (Å²) in [6.07, 6.45) is -2.43. The molecular weight excluding hydrogens is 514 g/mol. The zero-order valence-electron chi connectivity index (χ0n) is 21.6. The molecule has 1 aliphatic heterocycles. The van der Waals surface area contributed by atoms with Crippen LogP contribution in [0.1, 0.15) is 29.2 Å². The van der Waals surface area contributed by atoms with Gasteiger partial charge in [-0.1, -0.05) is 30.3 Å². The minimum atomic E-state index is -4.57. The molecule has 0 aliphatic carbocycles. The number of benzene rings is 2. The van der Waals surface area contributed by atoms with E-state index in [1.807, 2.05) is 17.9 Å². The quantitative estimate of drug-likeness (QED) is 0.244. The number of aryl methyl sites for hydroxylation is 1. The van der Waals surface area contributed by atoms with Gasteiger partial charge in [0.2, 0.25) is 0 Å². The van der Waals surface area contributed by atoms with Gasteiger partial charge in [0.1, 0.15) is 11.3 Å². The molecule has 2 aromatic heterocycles. The highest BCUT2D eigenvalue weighted by Gasteiger charge is 2.34. The highest BCUT2D eigenvalue weighted by Crippen LogP contribution is 2.35. The van der Waals surface area contributed by atoms with Crippen molar-refractivity contribution < 1.29 is 22.3 Å². The van der Waals surface area contributed by atoms with Crippen molar-refractivity contribution in [3.63, 3.8) is 0 Å². The van der Waals surface area contributed by atoms with Crippen molar-refractivity contribution in [1.82, 2.24) is 14.1 Å². The summed E-state index contributed by atoms with van der Waals surface area (Å²) in [7, 11) is 1.55. The van der Waals surface area contributed by atoms with Gasteiger partial charge in [0.25, 0.3) is 0 Å². The van der Waals surface area contributed by atoms with E-state index < -0.39 is 17.4 Å². The predicted molar refractivity (Wildman–Crippen MR) is 142 cm³/mol. The summed E-state index contributed by atoms with van der Waals surface area (Å²) in [5.74, 6) is 0.0488. The number of anilines is 2. The van der Waals surface area contributed by atoms with Gasteiger partial charge < -0.3 is 15.0 Å². The van der Waals surface area contributed by atoms with Gasteiger partial charge in [-0.25, -0.2) is 14.2 Å². The van der Waals surface area contributed by atoms with Crippen LogP contribution in [0.3, 0.4) is 0 Å². The fraction of sp³-hybridized carbons (Fsp3) is 0.357. The number of rotatable bonds is 8. The first kappa shape index (κ1) is 26.7. The number of nitrogens with one attached hydrogen (secondary N) is 1. The molecule has 4 aromatic rings. The number of halogens is 4. The van der Waals surface area contributed by atoms with Crippen molar-refractivity contribution in [2.24, 2.45) is 0 Å². The number of fused-ring (bicyclic) bond motifs is 1. The number of ether oxygens (including phenoxy) is 1. The van der Waals surface area contributed by atoms with E-state index in [1.165, 1.54) is 28.8 Å². The first-order valence-corrected chi connectivity index (χ1v) is 12.7. The van der Waals surface area contributed by atoms with Crippen molar-refractivity contribution in [2.75, 3.05) is 43.6 Å². The second kappa shape index (κ2) is 10.7. The Bertz CT molecular complexity index is 1530.